The molecule has 28 heavy (non-hydrogen) atoms. The van der Waals surface area contributed by atoms with E-state index in [2.05, 4.69) is 10.6 Å². The summed E-state index contributed by atoms with van der Waals surface area (Å²) in [7, 11) is 0. The molecule has 0 spiro atoms. The van der Waals surface area contributed by atoms with Gasteiger partial charge in [0.1, 0.15) is 17.8 Å². The highest BCUT2D eigenvalue weighted by Gasteiger charge is 2.31. The molecule has 0 heterocycles. The molecule has 0 aliphatic heterocycles. The van der Waals surface area contributed by atoms with E-state index in [1.165, 1.54) is 31.2 Å². The third-order valence-corrected chi connectivity index (χ3v) is 3.81. The maximum absolute atomic E-state index is 12.4. The molecule has 4 unspecified atom stereocenters. The monoisotopic (exact) mass is 396 g/mol. The zero-order chi connectivity index (χ0) is 21.4. The number of carbonyl (C=O) groups is 4. The number of carboxylic acid groups (broad SMARTS) is 1. The van der Waals surface area contributed by atoms with E-state index in [4.69, 9.17) is 11.5 Å². The molecule has 1 aromatic carbocycles. The van der Waals surface area contributed by atoms with Gasteiger partial charge in [-0.15, -0.1) is 0 Å². The van der Waals surface area contributed by atoms with Crippen LogP contribution in [0, 0.1) is 0 Å². The topological polar surface area (TPSA) is 205 Å². The Bertz CT molecular complexity index is 721. The summed E-state index contributed by atoms with van der Waals surface area (Å²) in [5, 5.41) is 32.8. The number of aromatic hydroxyl groups is 1. The van der Waals surface area contributed by atoms with Gasteiger partial charge < -0.3 is 37.4 Å². The Hall–Kier alpha value is -3.18. The van der Waals surface area contributed by atoms with Gasteiger partial charge in [0.15, 0.2) is 0 Å². The highest BCUT2D eigenvalue weighted by Crippen LogP contribution is 2.11. The first-order valence-electron chi connectivity index (χ1n) is 8.34. The molecule has 0 saturated heterocycles. The normalized spacial score (nSPS) is 15.0. The predicted octanol–water partition coefficient (Wildman–Crippen LogP) is -2.43. The number of aliphatic hydroxyl groups is 1. The third kappa shape index (κ3) is 7.21. The number of hydrogen-bond donors (Lipinski definition) is 7. The van der Waals surface area contributed by atoms with Crippen LogP contribution in [0.1, 0.15) is 18.9 Å². The van der Waals surface area contributed by atoms with Crippen molar-refractivity contribution in [2.24, 2.45) is 11.5 Å². The minimum atomic E-state index is -1.49. The van der Waals surface area contributed by atoms with Crippen molar-refractivity contribution >= 4 is 23.7 Å². The maximum atomic E-state index is 12.4. The largest absolute Gasteiger partial charge is 0.508 e. The summed E-state index contributed by atoms with van der Waals surface area (Å²) in [5.41, 5.74) is 11.0. The molecule has 0 saturated carbocycles. The highest BCUT2D eigenvalue weighted by molar-refractivity contribution is 5.93. The van der Waals surface area contributed by atoms with Crippen LogP contribution in [0.5, 0.6) is 5.75 Å². The van der Waals surface area contributed by atoms with Crippen LogP contribution >= 0.6 is 0 Å². The zero-order valence-corrected chi connectivity index (χ0v) is 15.2. The van der Waals surface area contributed by atoms with E-state index in [1.807, 2.05) is 0 Å². The van der Waals surface area contributed by atoms with Gasteiger partial charge in [0, 0.05) is 6.42 Å². The number of carboxylic acids is 1. The van der Waals surface area contributed by atoms with E-state index < -0.39 is 54.3 Å². The van der Waals surface area contributed by atoms with Gasteiger partial charge in [-0.3, -0.25) is 14.4 Å². The molecule has 0 fully saturated rings. The molecule has 11 heteroatoms. The number of primary amides is 1. The van der Waals surface area contributed by atoms with Crippen molar-refractivity contribution in [3.63, 3.8) is 0 Å². The summed E-state index contributed by atoms with van der Waals surface area (Å²) >= 11 is 0. The minimum absolute atomic E-state index is 0.00356. The van der Waals surface area contributed by atoms with Crippen LogP contribution in [0.25, 0.3) is 0 Å². The molecule has 4 atom stereocenters. The average Bonchev–Trinajstić information content (AvgIpc) is 2.59. The van der Waals surface area contributed by atoms with Crippen molar-refractivity contribution in [3.05, 3.63) is 29.8 Å². The lowest BCUT2D eigenvalue weighted by Gasteiger charge is -2.24. The molecule has 11 nitrogen and oxygen atoms in total. The molecular weight excluding hydrogens is 372 g/mol. The fourth-order valence-corrected chi connectivity index (χ4v) is 2.30. The van der Waals surface area contributed by atoms with Crippen LogP contribution in [0.15, 0.2) is 24.3 Å². The number of amides is 3. The number of rotatable bonds is 10. The molecular formula is C17H24N4O7. The first-order chi connectivity index (χ1) is 13.0. The summed E-state index contributed by atoms with van der Waals surface area (Å²) in [6.07, 6.45) is -1.92. The first-order valence-corrected chi connectivity index (χ1v) is 8.34. The van der Waals surface area contributed by atoms with Gasteiger partial charge >= 0.3 is 5.97 Å². The molecule has 3 amide bonds. The fourth-order valence-electron chi connectivity index (χ4n) is 2.30. The van der Waals surface area contributed by atoms with Crippen molar-refractivity contribution in [2.45, 2.75) is 44.0 Å². The van der Waals surface area contributed by atoms with Crippen molar-refractivity contribution in [3.8, 4) is 5.75 Å². The third-order valence-electron chi connectivity index (χ3n) is 3.81. The van der Waals surface area contributed by atoms with Crippen molar-refractivity contribution < 1.29 is 34.5 Å². The summed E-state index contributed by atoms with van der Waals surface area (Å²) < 4.78 is 0. The first kappa shape index (κ1) is 22.9. The lowest BCUT2D eigenvalue weighted by molar-refractivity contribution is -0.143. The molecule has 0 bridgehead atoms. The highest BCUT2D eigenvalue weighted by atomic mass is 16.4. The van der Waals surface area contributed by atoms with Crippen LogP contribution in [0.3, 0.4) is 0 Å². The van der Waals surface area contributed by atoms with Crippen LogP contribution in [-0.4, -0.2) is 63.2 Å². The number of phenols is 1. The molecule has 0 radical (unpaired) electrons. The Morgan fingerprint density at radius 2 is 1.64 bits per heavy atom. The van der Waals surface area contributed by atoms with Gasteiger partial charge in [-0.1, -0.05) is 12.1 Å². The number of benzene rings is 1. The van der Waals surface area contributed by atoms with Crippen molar-refractivity contribution in [1.82, 2.24) is 10.6 Å². The summed E-state index contributed by atoms with van der Waals surface area (Å²) in [6, 6.07) is 1.56. The fraction of sp³-hybridized carbons (Fsp3) is 0.412. The molecule has 0 aliphatic rings. The molecule has 1 rings (SSSR count). The number of nitrogens with one attached hydrogen (secondary N) is 2. The Morgan fingerprint density at radius 3 is 2.11 bits per heavy atom. The van der Waals surface area contributed by atoms with Crippen LogP contribution < -0.4 is 22.1 Å². The van der Waals surface area contributed by atoms with E-state index >= 15 is 0 Å². The number of nitrogens with two attached hydrogens (primary N) is 2. The molecule has 1 aromatic rings. The second-order valence-electron chi connectivity index (χ2n) is 6.27. The van der Waals surface area contributed by atoms with Crippen LogP contribution in [0.4, 0.5) is 0 Å². The lowest BCUT2D eigenvalue weighted by atomic mass is 10.0. The Morgan fingerprint density at radius 1 is 1.07 bits per heavy atom. The van der Waals surface area contributed by atoms with Gasteiger partial charge in [-0.2, -0.15) is 0 Å². The van der Waals surface area contributed by atoms with Gasteiger partial charge in [0.25, 0.3) is 0 Å². The number of aliphatic hydroxyl groups excluding tert-OH is 1. The quantitative estimate of drug-likeness (QED) is 0.226. The van der Waals surface area contributed by atoms with Gasteiger partial charge in [0.05, 0.1) is 18.6 Å². The van der Waals surface area contributed by atoms with Crippen molar-refractivity contribution in [2.75, 3.05) is 0 Å². The van der Waals surface area contributed by atoms with E-state index in [0.29, 0.717) is 5.56 Å². The van der Waals surface area contributed by atoms with E-state index in [9.17, 15) is 34.5 Å². The lowest BCUT2D eigenvalue weighted by Crippen LogP contribution is -2.58. The Labute approximate surface area is 160 Å². The molecule has 154 valence electrons. The number of phenolic OH excluding ortho intramolecular Hbond substituents is 1. The number of aliphatic carboxylic acids is 1. The minimum Gasteiger partial charge on any atom is -0.508 e. The average molecular weight is 396 g/mol. The number of hydrogen-bond acceptors (Lipinski definition) is 7. The van der Waals surface area contributed by atoms with Crippen LogP contribution in [0.2, 0.25) is 0 Å². The standard InChI is InChI=1S/C17H24N4O7/c1-8(22)14(21-15(25)11(18)7-13(19)24)16(26)20-12(17(27)28)6-9-2-4-10(23)5-3-9/h2-5,8,11-12,14,22-23H,6-7,18H2,1H3,(H2,19,24)(H,20,26)(H,21,25)(H,27,28). The molecule has 0 aliphatic carbocycles. The smallest absolute Gasteiger partial charge is 0.326 e. The summed E-state index contributed by atoms with van der Waals surface area (Å²) in [6.45, 7) is 1.22. The van der Waals surface area contributed by atoms with Crippen molar-refractivity contribution in [1.29, 1.82) is 0 Å². The number of carbonyl (C=O) groups excluding carboxylic acids is 3. The van der Waals surface area contributed by atoms with Crippen LogP contribution in [-0.2, 0) is 25.6 Å². The Balaban J connectivity index is 2.83. The van der Waals surface area contributed by atoms with E-state index in [0.717, 1.165) is 0 Å². The Kier molecular flexibility index (Phi) is 8.35. The van der Waals surface area contributed by atoms with E-state index in [-0.39, 0.29) is 12.2 Å². The predicted molar refractivity (Wildman–Crippen MR) is 96.8 cm³/mol. The SMILES string of the molecule is CC(O)C(NC(=O)C(N)CC(N)=O)C(=O)NC(Cc1ccc(O)cc1)C(=O)O. The second-order valence-corrected chi connectivity index (χ2v) is 6.27. The summed E-state index contributed by atoms with van der Waals surface area (Å²) in [5.74, 6) is -3.99. The van der Waals surface area contributed by atoms with Gasteiger partial charge in [-0.05, 0) is 24.6 Å². The maximum Gasteiger partial charge on any atom is 0.326 e. The van der Waals surface area contributed by atoms with E-state index in [1.54, 1.807) is 0 Å². The molecule has 0 aromatic heterocycles. The second kappa shape index (κ2) is 10.2. The molecule has 9 N–H and O–H groups in total. The summed E-state index contributed by atoms with van der Waals surface area (Å²) in [4.78, 5) is 46.7. The van der Waals surface area contributed by atoms with Gasteiger partial charge in [-0.25, -0.2) is 4.79 Å². The van der Waals surface area contributed by atoms with Gasteiger partial charge in [0.2, 0.25) is 17.7 Å². The zero-order valence-electron chi connectivity index (χ0n) is 15.2.